The molecule has 1 fully saturated rings. The van der Waals surface area contributed by atoms with E-state index >= 15 is 0 Å². The Morgan fingerprint density at radius 2 is 2.00 bits per heavy atom. The summed E-state index contributed by atoms with van der Waals surface area (Å²) in [5.41, 5.74) is 0.303. The third-order valence-electron chi connectivity index (χ3n) is 4.13. The number of nitrogens with zero attached hydrogens (tertiary/aromatic N) is 1. The molecule has 2 atom stereocenters. The molecule has 1 aromatic rings. The molecule has 2 N–H and O–H groups in total. The van der Waals surface area contributed by atoms with Crippen molar-refractivity contribution in [1.82, 2.24) is 10.2 Å². The molecule has 1 aliphatic heterocycles. The van der Waals surface area contributed by atoms with Crippen LogP contribution < -0.4 is 5.32 Å². The van der Waals surface area contributed by atoms with Crippen LogP contribution in [0.1, 0.15) is 32.8 Å². The Hall–Kier alpha value is -1.50. The minimum atomic E-state index is -0.940. The number of amides is 1. The van der Waals surface area contributed by atoms with Gasteiger partial charge in [-0.2, -0.15) is 0 Å². The van der Waals surface area contributed by atoms with Crippen molar-refractivity contribution in [2.45, 2.75) is 45.4 Å². The van der Waals surface area contributed by atoms with Gasteiger partial charge < -0.3 is 20.1 Å². The molecule has 1 saturated heterocycles. The molecule has 0 aromatic heterocycles. The van der Waals surface area contributed by atoms with Crippen LogP contribution in [0.15, 0.2) is 18.2 Å². The van der Waals surface area contributed by atoms with Gasteiger partial charge in [0, 0.05) is 25.7 Å². The van der Waals surface area contributed by atoms with Gasteiger partial charge in [-0.3, -0.25) is 4.79 Å². The van der Waals surface area contributed by atoms with Crippen molar-refractivity contribution in [2.75, 3.05) is 13.1 Å². The van der Waals surface area contributed by atoms with E-state index in [1.54, 1.807) is 32.9 Å². The predicted octanol–water partition coefficient (Wildman–Crippen LogP) is 3.79. The molecule has 2 rings (SSSR count). The van der Waals surface area contributed by atoms with E-state index in [0.717, 1.165) is 5.56 Å². The maximum absolute atomic E-state index is 12.2. The number of carbonyl (C=O) groups excluding carboxylic acids is 1. The number of ether oxygens (including phenoxy) is 1. The highest BCUT2D eigenvalue weighted by Crippen LogP contribution is 2.24. The van der Waals surface area contributed by atoms with Crippen molar-refractivity contribution >= 4 is 35.3 Å². The number of piperidine rings is 1. The van der Waals surface area contributed by atoms with E-state index in [1.807, 2.05) is 6.07 Å². The van der Waals surface area contributed by atoms with Gasteiger partial charge in [-0.25, -0.2) is 4.79 Å². The van der Waals surface area contributed by atoms with Crippen LogP contribution in [-0.4, -0.2) is 46.8 Å². The molecule has 1 amide bonds. The van der Waals surface area contributed by atoms with Crippen LogP contribution in [0.3, 0.4) is 0 Å². The lowest BCUT2D eigenvalue weighted by Crippen LogP contribution is -2.54. The first-order chi connectivity index (χ1) is 12.1. The van der Waals surface area contributed by atoms with Gasteiger partial charge in [0.25, 0.3) is 0 Å². The quantitative estimate of drug-likeness (QED) is 0.800. The van der Waals surface area contributed by atoms with Gasteiger partial charge in [0.15, 0.2) is 0 Å². The maximum Gasteiger partial charge on any atom is 0.410 e. The van der Waals surface area contributed by atoms with E-state index in [0.29, 0.717) is 29.6 Å². The molecule has 1 heterocycles. The second-order valence-electron chi connectivity index (χ2n) is 7.40. The summed E-state index contributed by atoms with van der Waals surface area (Å²) < 4.78 is 5.34. The average Bonchev–Trinajstić information content (AvgIpc) is 2.54. The number of carboxylic acids is 1. The Morgan fingerprint density at radius 3 is 2.58 bits per heavy atom. The van der Waals surface area contributed by atoms with Gasteiger partial charge >= 0.3 is 12.1 Å². The largest absolute Gasteiger partial charge is 0.481 e. The minimum absolute atomic E-state index is 0.114. The summed E-state index contributed by atoms with van der Waals surface area (Å²) in [6.45, 7) is 6.38. The van der Waals surface area contributed by atoms with E-state index in [2.05, 4.69) is 5.32 Å². The van der Waals surface area contributed by atoms with Crippen LogP contribution in [0.4, 0.5) is 4.79 Å². The zero-order chi connectivity index (χ0) is 19.5. The van der Waals surface area contributed by atoms with Gasteiger partial charge in [0.05, 0.1) is 16.0 Å². The SMILES string of the molecule is CC(C)(C)OC(=O)N1CC[C@H](NCc2ccc(Cl)c(Cl)c2)[C@H](C(=O)O)C1. The van der Waals surface area contributed by atoms with Gasteiger partial charge in [0.2, 0.25) is 0 Å². The monoisotopic (exact) mass is 402 g/mol. The molecule has 26 heavy (non-hydrogen) atoms. The van der Waals surface area contributed by atoms with Crippen molar-refractivity contribution in [1.29, 1.82) is 0 Å². The van der Waals surface area contributed by atoms with Crippen molar-refractivity contribution in [2.24, 2.45) is 5.92 Å². The highest BCUT2D eigenvalue weighted by atomic mass is 35.5. The Balaban J connectivity index is 1.98. The summed E-state index contributed by atoms with van der Waals surface area (Å²) in [5, 5.41) is 13.8. The number of aliphatic carboxylic acids is 1. The molecule has 8 heteroatoms. The van der Waals surface area contributed by atoms with E-state index < -0.39 is 23.6 Å². The molecule has 144 valence electrons. The smallest absolute Gasteiger partial charge is 0.410 e. The first-order valence-electron chi connectivity index (χ1n) is 8.45. The van der Waals surface area contributed by atoms with Crippen molar-refractivity contribution in [3.05, 3.63) is 33.8 Å². The third-order valence-corrected chi connectivity index (χ3v) is 4.87. The second kappa shape index (κ2) is 8.46. The lowest BCUT2D eigenvalue weighted by atomic mass is 9.92. The minimum Gasteiger partial charge on any atom is -0.481 e. The second-order valence-corrected chi connectivity index (χ2v) is 8.21. The molecule has 0 bridgehead atoms. The topological polar surface area (TPSA) is 78.9 Å². The zero-order valence-corrected chi connectivity index (χ0v) is 16.6. The van der Waals surface area contributed by atoms with Crippen LogP contribution in [0.2, 0.25) is 10.0 Å². The Bertz CT molecular complexity index is 676. The molecular formula is C18H24Cl2N2O4. The summed E-state index contributed by atoms with van der Waals surface area (Å²) in [7, 11) is 0. The normalized spacial score (nSPS) is 20.7. The first kappa shape index (κ1) is 20.8. The Kier molecular flexibility index (Phi) is 6.77. The number of carboxylic acid groups (broad SMARTS) is 1. The summed E-state index contributed by atoms with van der Waals surface area (Å²) in [6, 6.07) is 5.05. The number of rotatable bonds is 4. The molecule has 0 unspecified atom stereocenters. The fraction of sp³-hybridized carbons (Fsp3) is 0.556. The van der Waals surface area contributed by atoms with Gasteiger partial charge in [0.1, 0.15) is 5.60 Å². The Labute approximate surface area is 163 Å². The fourth-order valence-corrected chi connectivity index (χ4v) is 3.16. The van der Waals surface area contributed by atoms with E-state index in [-0.39, 0.29) is 12.6 Å². The molecule has 6 nitrogen and oxygen atoms in total. The van der Waals surface area contributed by atoms with Crippen molar-refractivity contribution in [3.8, 4) is 0 Å². The van der Waals surface area contributed by atoms with Crippen LogP contribution in [0.25, 0.3) is 0 Å². The zero-order valence-electron chi connectivity index (χ0n) is 15.1. The molecule has 1 aliphatic rings. The predicted molar refractivity (Wildman–Crippen MR) is 101 cm³/mol. The van der Waals surface area contributed by atoms with Crippen molar-refractivity contribution < 1.29 is 19.4 Å². The number of halogens is 2. The van der Waals surface area contributed by atoms with Crippen LogP contribution in [0.5, 0.6) is 0 Å². The van der Waals surface area contributed by atoms with Gasteiger partial charge in [-0.05, 0) is 44.9 Å². The summed E-state index contributed by atoms with van der Waals surface area (Å²) >= 11 is 11.9. The average molecular weight is 403 g/mol. The Morgan fingerprint density at radius 1 is 1.31 bits per heavy atom. The van der Waals surface area contributed by atoms with E-state index in [1.165, 1.54) is 4.90 Å². The number of carbonyl (C=O) groups is 2. The lowest BCUT2D eigenvalue weighted by Gasteiger charge is -2.37. The molecule has 0 spiro atoms. The number of benzene rings is 1. The first-order valence-corrected chi connectivity index (χ1v) is 9.20. The molecular weight excluding hydrogens is 379 g/mol. The van der Waals surface area contributed by atoms with E-state index in [4.69, 9.17) is 27.9 Å². The molecule has 0 saturated carbocycles. The van der Waals surface area contributed by atoms with Gasteiger partial charge in [-0.1, -0.05) is 29.3 Å². The molecule has 0 aliphatic carbocycles. The number of likely N-dealkylation sites (tertiary alicyclic amines) is 1. The van der Waals surface area contributed by atoms with Crippen molar-refractivity contribution in [3.63, 3.8) is 0 Å². The number of nitrogens with one attached hydrogen (secondary N) is 1. The van der Waals surface area contributed by atoms with Crippen LogP contribution in [0, 0.1) is 5.92 Å². The van der Waals surface area contributed by atoms with Crippen LogP contribution >= 0.6 is 23.2 Å². The summed E-state index contributed by atoms with van der Waals surface area (Å²) in [4.78, 5) is 25.3. The fourth-order valence-electron chi connectivity index (χ4n) is 2.84. The summed E-state index contributed by atoms with van der Waals surface area (Å²) in [5.74, 6) is -1.65. The molecule has 0 radical (unpaired) electrons. The highest BCUT2D eigenvalue weighted by Gasteiger charge is 2.37. The number of hydrogen-bond acceptors (Lipinski definition) is 4. The maximum atomic E-state index is 12.2. The van der Waals surface area contributed by atoms with Crippen LogP contribution in [-0.2, 0) is 16.1 Å². The number of hydrogen-bond donors (Lipinski definition) is 2. The standard InChI is InChI=1S/C18H24Cl2N2O4/c1-18(2,3)26-17(25)22-7-6-15(12(10-22)16(23)24)21-9-11-4-5-13(19)14(20)8-11/h4-5,8,12,15,21H,6-7,9-10H2,1-3H3,(H,23,24)/t12-,15+/m1/s1. The van der Waals surface area contributed by atoms with Gasteiger partial charge in [-0.15, -0.1) is 0 Å². The lowest BCUT2D eigenvalue weighted by molar-refractivity contribution is -0.144. The van der Waals surface area contributed by atoms with E-state index in [9.17, 15) is 14.7 Å². The third kappa shape index (κ3) is 5.76. The summed E-state index contributed by atoms with van der Waals surface area (Å²) in [6.07, 6.45) is 0.0454. The molecule has 1 aromatic carbocycles. The highest BCUT2D eigenvalue weighted by molar-refractivity contribution is 6.42.